The van der Waals surface area contributed by atoms with Crippen molar-refractivity contribution in [3.05, 3.63) is 59.8 Å². The van der Waals surface area contributed by atoms with Gasteiger partial charge in [-0.15, -0.1) is 0 Å². The standard InChI is InChI=1S/C17H13N3O2/c1-22-12-6-7-16-13(8-12)14(10-19-16)17(21)20-15-5-3-2-4-11(15)9-18/h2-8,10,19H,1H3,(H,20,21). The molecule has 1 aromatic heterocycles. The van der Waals surface area contributed by atoms with Crippen LogP contribution >= 0.6 is 0 Å². The highest BCUT2D eigenvalue weighted by atomic mass is 16.5. The molecule has 0 unspecified atom stereocenters. The third-order valence-corrected chi connectivity index (χ3v) is 3.43. The number of carbonyl (C=O) groups is 1. The van der Waals surface area contributed by atoms with Crippen LogP contribution in [0.3, 0.4) is 0 Å². The Bertz CT molecular complexity index is 890. The van der Waals surface area contributed by atoms with Crippen molar-refractivity contribution in [1.29, 1.82) is 5.26 Å². The lowest BCUT2D eigenvalue weighted by atomic mass is 10.1. The maximum absolute atomic E-state index is 12.5. The number of nitrogens with one attached hydrogen (secondary N) is 2. The van der Waals surface area contributed by atoms with Crippen LogP contribution < -0.4 is 10.1 Å². The van der Waals surface area contributed by atoms with Crippen LogP contribution in [-0.2, 0) is 0 Å². The van der Waals surface area contributed by atoms with Crippen molar-refractivity contribution in [1.82, 2.24) is 4.98 Å². The van der Waals surface area contributed by atoms with E-state index in [1.54, 1.807) is 43.6 Å². The Morgan fingerprint density at radius 3 is 2.86 bits per heavy atom. The lowest BCUT2D eigenvalue weighted by Crippen LogP contribution is -2.12. The maximum atomic E-state index is 12.5. The van der Waals surface area contributed by atoms with Gasteiger partial charge in [0.05, 0.1) is 23.9 Å². The highest BCUT2D eigenvalue weighted by Gasteiger charge is 2.14. The Morgan fingerprint density at radius 1 is 1.27 bits per heavy atom. The van der Waals surface area contributed by atoms with Crippen molar-refractivity contribution < 1.29 is 9.53 Å². The van der Waals surface area contributed by atoms with Crippen LogP contribution in [0.4, 0.5) is 5.69 Å². The molecule has 1 amide bonds. The van der Waals surface area contributed by atoms with E-state index in [0.29, 0.717) is 22.6 Å². The van der Waals surface area contributed by atoms with Gasteiger partial charge in [-0.2, -0.15) is 5.26 Å². The number of carbonyl (C=O) groups excluding carboxylic acids is 1. The molecule has 108 valence electrons. The molecule has 0 aliphatic heterocycles. The second-order valence-corrected chi connectivity index (χ2v) is 4.73. The summed E-state index contributed by atoms with van der Waals surface area (Å²) in [5.74, 6) is 0.403. The van der Waals surface area contributed by atoms with Crippen LogP contribution in [-0.4, -0.2) is 18.0 Å². The minimum Gasteiger partial charge on any atom is -0.497 e. The van der Waals surface area contributed by atoms with Crippen molar-refractivity contribution in [3.8, 4) is 11.8 Å². The Labute approximate surface area is 127 Å². The zero-order chi connectivity index (χ0) is 15.5. The summed E-state index contributed by atoms with van der Waals surface area (Å²) in [5, 5.41) is 12.6. The lowest BCUT2D eigenvalue weighted by Gasteiger charge is -2.06. The first-order valence-corrected chi connectivity index (χ1v) is 6.68. The molecule has 2 N–H and O–H groups in total. The Kier molecular flexibility index (Phi) is 3.50. The number of nitrogens with zero attached hydrogens (tertiary/aromatic N) is 1. The van der Waals surface area contributed by atoms with E-state index in [2.05, 4.69) is 16.4 Å². The predicted molar refractivity (Wildman–Crippen MR) is 84.0 cm³/mol. The van der Waals surface area contributed by atoms with Crippen molar-refractivity contribution in [3.63, 3.8) is 0 Å². The molecule has 0 aliphatic rings. The van der Waals surface area contributed by atoms with E-state index < -0.39 is 0 Å². The lowest BCUT2D eigenvalue weighted by molar-refractivity contribution is 0.102. The molecule has 3 rings (SSSR count). The molecule has 0 saturated carbocycles. The maximum Gasteiger partial charge on any atom is 0.257 e. The quantitative estimate of drug-likeness (QED) is 0.777. The normalized spacial score (nSPS) is 10.2. The van der Waals surface area contributed by atoms with Gasteiger partial charge in [0, 0.05) is 17.1 Å². The topological polar surface area (TPSA) is 77.9 Å². The minimum absolute atomic E-state index is 0.276. The molecule has 0 atom stereocenters. The van der Waals surface area contributed by atoms with Crippen LogP contribution in [0.1, 0.15) is 15.9 Å². The summed E-state index contributed by atoms with van der Waals surface area (Å²) in [6.07, 6.45) is 1.65. The number of rotatable bonds is 3. The van der Waals surface area contributed by atoms with Gasteiger partial charge in [-0.3, -0.25) is 4.79 Å². The molecule has 5 nitrogen and oxygen atoms in total. The molecule has 0 radical (unpaired) electrons. The van der Waals surface area contributed by atoms with Gasteiger partial charge in [0.25, 0.3) is 5.91 Å². The molecule has 0 saturated heterocycles. The van der Waals surface area contributed by atoms with E-state index in [1.165, 1.54) is 0 Å². The summed E-state index contributed by atoms with van der Waals surface area (Å²) in [5.41, 5.74) is 2.27. The molecule has 0 fully saturated rings. The summed E-state index contributed by atoms with van der Waals surface area (Å²) in [7, 11) is 1.58. The number of H-pyrrole nitrogens is 1. The largest absolute Gasteiger partial charge is 0.497 e. The zero-order valence-corrected chi connectivity index (χ0v) is 11.9. The minimum atomic E-state index is -0.276. The molecule has 22 heavy (non-hydrogen) atoms. The Hall–Kier alpha value is -3.26. The number of hydrogen-bond acceptors (Lipinski definition) is 3. The first kappa shape index (κ1) is 13.7. The first-order valence-electron chi connectivity index (χ1n) is 6.68. The number of anilines is 1. The molecule has 3 aromatic rings. The van der Waals surface area contributed by atoms with Gasteiger partial charge in [-0.1, -0.05) is 12.1 Å². The third-order valence-electron chi connectivity index (χ3n) is 3.43. The third kappa shape index (κ3) is 2.38. The van der Waals surface area contributed by atoms with Gasteiger partial charge in [0.1, 0.15) is 11.8 Å². The van der Waals surface area contributed by atoms with E-state index in [0.717, 1.165) is 10.9 Å². The van der Waals surface area contributed by atoms with Crippen LogP contribution in [0.2, 0.25) is 0 Å². The van der Waals surface area contributed by atoms with Crippen molar-refractivity contribution in [2.75, 3.05) is 12.4 Å². The predicted octanol–water partition coefficient (Wildman–Crippen LogP) is 3.30. The van der Waals surface area contributed by atoms with Gasteiger partial charge in [0.15, 0.2) is 0 Å². The van der Waals surface area contributed by atoms with E-state index in [1.807, 2.05) is 12.1 Å². The second kappa shape index (κ2) is 5.62. The number of nitriles is 1. The van der Waals surface area contributed by atoms with E-state index in [9.17, 15) is 4.79 Å². The van der Waals surface area contributed by atoms with Crippen molar-refractivity contribution in [2.45, 2.75) is 0 Å². The summed E-state index contributed by atoms with van der Waals surface area (Å²) in [6.45, 7) is 0. The number of benzene rings is 2. The van der Waals surface area contributed by atoms with Crippen LogP contribution in [0.25, 0.3) is 10.9 Å². The van der Waals surface area contributed by atoms with E-state index in [-0.39, 0.29) is 5.91 Å². The van der Waals surface area contributed by atoms with Gasteiger partial charge < -0.3 is 15.0 Å². The summed E-state index contributed by atoms with van der Waals surface area (Å²) >= 11 is 0. The summed E-state index contributed by atoms with van der Waals surface area (Å²) in [4.78, 5) is 15.5. The van der Waals surface area contributed by atoms with Crippen LogP contribution in [0, 0.1) is 11.3 Å². The average molecular weight is 291 g/mol. The number of aromatic amines is 1. The van der Waals surface area contributed by atoms with Crippen LogP contribution in [0.5, 0.6) is 5.75 Å². The number of methoxy groups -OCH3 is 1. The van der Waals surface area contributed by atoms with Gasteiger partial charge in [0.2, 0.25) is 0 Å². The fourth-order valence-corrected chi connectivity index (χ4v) is 2.29. The second-order valence-electron chi connectivity index (χ2n) is 4.73. The fourth-order valence-electron chi connectivity index (χ4n) is 2.29. The number of para-hydroxylation sites is 1. The smallest absolute Gasteiger partial charge is 0.257 e. The van der Waals surface area contributed by atoms with Crippen LogP contribution in [0.15, 0.2) is 48.7 Å². The Morgan fingerprint density at radius 2 is 2.09 bits per heavy atom. The molecular weight excluding hydrogens is 278 g/mol. The molecular formula is C17H13N3O2. The number of ether oxygens (including phenoxy) is 1. The summed E-state index contributed by atoms with van der Waals surface area (Å²) in [6, 6.07) is 14.4. The molecule has 1 heterocycles. The molecule has 0 bridgehead atoms. The SMILES string of the molecule is COc1ccc2[nH]cc(C(=O)Nc3ccccc3C#N)c2c1. The Balaban J connectivity index is 1.97. The highest BCUT2D eigenvalue weighted by molar-refractivity contribution is 6.13. The molecule has 0 spiro atoms. The number of hydrogen-bond donors (Lipinski definition) is 2. The zero-order valence-electron chi connectivity index (χ0n) is 11.9. The number of fused-ring (bicyclic) bond motifs is 1. The first-order chi connectivity index (χ1) is 10.7. The highest BCUT2D eigenvalue weighted by Crippen LogP contribution is 2.24. The molecule has 2 aromatic carbocycles. The van der Waals surface area contributed by atoms with Gasteiger partial charge >= 0.3 is 0 Å². The molecule has 5 heteroatoms. The monoisotopic (exact) mass is 291 g/mol. The molecule has 0 aliphatic carbocycles. The van der Waals surface area contributed by atoms with E-state index in [4.69, 9.17) is 10.00 Å². The average Bonchev–Trinajstić information content (AvgIpc) is 2.98. The number of amides is 1. The van der Waals surface area contributed by atoms with Gasteiger partial charge in [-0.25, -0.2) is 0 Å². The fraction of sp³-hybridized carbons (Fsp3) is 0.0588. The summed E-state index contributed by atoms with van der Waals surface area (Å²) < 4.78 is 5.19. The number of aromatic nitrogens is 1. The van der Waals surface area contributed by atoms with Crippen molar-refractivity contribution in [2.24, 2.45) is 0 Å². The van der Waals surface area contributed by atoms with Crippen molar-refractivity contribution >= 4 is 22.5 Å². The van der Waals surface area contributed by atoms with Gasteiger partial charge in [-0.05, 0) is 30.3 Å². The van der Waals surface area contributed by atoms with E-state index >= 15 is 0 Å².